The molecule has 0 aliphatic rings. The fourth-order valence-electron chi connectivity index (χ4n) is 3.13. The first-order chi connectivity index (χ1) is 17.0. The number of nitrogens with one attached hydrogen (secondary N) is 4. The molecule has 0 aliphatic heterocycles. The summed E-state index contributed by atoms with van der Waals surface area (Å²) in [6.07, 6.45) is 2.40. The zero-order valence-electron chi connectivity index (χ0n) is 19.3. The van der Waals surface area contributed by atoms with Crippen LogP contribution in [0.25, 0.3) is 0 Å². The van der Waals surface area contributed by atoms with E-state index in [0.29, 0.717) is 35.0 Å². The summed E-state index contributed by atoms with van der Waals surface area (Å²) in [5.41, 5.74) is 1.67. The van der Waals surface area contributed by atoms with E-state index in [1.165, 1.54) is 0 Å². The Balaban J connectivity index is 1.56. The van der Waals surface area contributed by atoms with Crippen molar-refractivity contribution in [2.24, 2.45) is 0 Å². The number of benzene rings is 3. The van der Waals surface area contributed by atoms with Gasteiger partial charge in [-0.05, 0) is 60.9 Å². The van der Waals surface area contributed by atoms with Crippen LogP contribution < -0.4 is 26.0 Å². The van der Waals surface area contributed by atoms with Gasteiger partial charge in [-0.15, -0.1) is 0 Å². The molecule has 1 unspecified atom stereocenters. The lowest BCUT2D eigenvalue weighted by Crippen LogP contribution is -2.45. The van der Waals surface area contributed by atoms with Gasteiger partial charge in [-0.1, -0.05) is 42.5 Å². The number of ether oxygens (including phenoxy) is 1. The molecule has 3 rings (SSSR count). The molecule has 3 aromatic rings. The third-order valence-corrected chi connectivity index (χ3v) is 5.44. The van der Waals surface area contributed by atoms with Gasteiger partial charge in [-0.3, -0.25) is 9.59 Å². The van der Waals surface area contributed by atoms with Gasteiger partial charge in [0.2, 0.25) is 5.91 Å². The molecule has 0 radical (unpaired) electrons. The Bertz CT molecular complexity index is 1110. The predicted molar refractivity (Wildman–Crippen MR) is 141 cm³/mol. The van der Waals surface area contributed by atoms with Crippen molar-refractivity contribution in [1.29, 1.82) is 0 Å². The van der Waals surface area contributed by atoms with E-state index in [9.17, 15) is 14.4 Å². The smallest absolute Gasteiger partial charge is 0.323 e. The number of para-hydroxylation sites is 2. The van der Waals surface area contributed by atoms with Gasteiger partial charge >= 0.3 is 6.03 Å². The summed E-state index contributed by atoms with van der Waals surface area (Å²) < 4.78 is 5.47. The van der Waals surface area contributed by atoms with Crippen LogP contribution in [-0.4, -0.2) is 42.5 Å². The molecule has 9 heteroatoms. The molecule has 1 atom stereocenters. The topological polar surface area (TPSA) is 109 Å². The number of amides is 4. The first-order valence-electron chi connectivity index (χ1n) is 11.0. The third-order valence-electron chi connectivity index (χ3n) is 4.80. The summed E-state index contributed by atoms with van der Waals surface area (Å²) in [5.74, 6) is 0.536. The largest absolute Gasteiger partial charge is 0.484 e. The lowest BCUT2D eigenvalue weighted by molar-refractivity contribution is -0.127. The molecule has 0 aliphatic carbocycles. The van der Waals surface area contributed by atoms with E-state index < -0.39 is 12.1 Å². The second-order valence-corrected chi connectivity index (χ2v) is 8.50. The van der Waals surface area contributed by atoms with E-state index in [1.807, 2.05) is 42.7 Å². The highest BCUT2D eigenvalue weighted by molar-refractivity contribution is 7.98. The van der Waals surface area contributed by atoms with Crippen LogP contribution in [0, 0.1) is 0 Å². The van der Waals surface area contributed by atoms with Gasteiger partial charge in [0.25, 0.3) is 5.91 Å². The first kappa shape index (κ1) is 25.6. The maximum Gasteiger partial charge on any atom is 0.323 e. The molecule has 0 fully saturated rings. The van der Waals surface area contributed by atoms with Gasteiger partial charge in [0.05, 0.1) is 0 Å². The molecule has 4 N–H and O–H groups in total. The monoisotopic (exact) mass is 492 g/mol. The van der Waals surface area contributed by atoms with Gasteiger partial charge in [0.1, 0.15) is 11.8 Å². The molecule has 0 heterocycles. The number of hydrogen-bond acceptors (Lipinski definition) is 5. The number of thioether (sulfide) groups is 1. The Kier molecular flexibility index (Phi) is 10.0. The van der Waals surface area contributed by atoms with Crippen LogP contribution in [-0.2, 0) is 9.59 Å². The van der Waals surface area contributed by atoms with Crippen molar-refractivity contribution in [3.63, 3.8) is 0 Å². The SMILES string of the molecule is CSCCC(NC(=O)COc1ccccc1)C(=O)Nc1cccc(NC(=O)Nc2ccccc2)c1. The number of carbonyl (C=O) groups is 3. The second kappa shape index (κ2) is 13.7. The molecule has 3 aromatic carbocycles. The van der Waals surface area contributed by atoms with Crippen LogP contribution >= 0.6 is 11.8 Å². The molecule has 0 saturated carbocycles. The average Bonchev–Trinajstić information content (AvgIpc) is 2.86. The van der Waals surface area contributed by atoms with Crippen molar-refractivity contribution in [2.45, 2.75) is 12.5 Å². The van der Waals surface area contributed by atoms with Crippen LogP contribution in [0.15, 0.2) is 84.9 Å². The van der Waals surface area contributed by atoms with E-state index in [2.05, 4.69) is 21.3 Å². The zero-order valence-corrected chi connectivity index (χ0v) is 20.1. The van der Waals surface area contributed by atoms with Crippen LogP contribution in [0.5, 0.6) is 5.75 Å². The summed E-state index contributed by atoms with van der Waals surface area (Å²) in [6.45, 7) is -0.191. The summed E-state index contributed by atoms with van der Waals surface area (Å²) in [7, 11) is 0. The Morgan fingerprint density at radius 1 is 0.800 bits per heavy atom. The lowest BCUT2D eigenvalue weighted by atomic mass is 10.2. The highest BCUT2D eigenvalue weighted by Gasteiger charge is 2.21. The molecule has 0 aromatic heterocycles. The molecule has 4 amide bonds. The van der Waals surface area contributed by atoms with E-state index in [1.54, 1.807) is 60.3 Å². The summed E-state index contributed by atoms with van der Waals surface area (Å²) >= 11 is 1.58. The number of urea groups is 1. The second-order valence-electron chi connectivity index (χ2n) is 7.52. The van der Waals surface area contributed by atoms with Crippen molar-refractivity contribution in [2.75, 3.05) is 34.6 Å². The highest BCUT2D eigenvalue weighted by Crippen LogP contribution is 2.17. The van der Waals surface area contributed by atoms with Crippen molar-refractivity contribution in [3.05, 3.63) is 84.9 Å². The molecule has 8 nitrogen and oxygen atoms in total. The molecular formula is C26H28N4O4S. The van der Waals surface area contributed by atoms with Crippen molar-refractivity contribution in [3.8, 4) is 5.75 Å². The number of anilines is 3. The molecule has 0 bridgehead atoms. The molecule has 35 heavy (non-hydrogen) atoms. The Labute approximate surface area is 208 Å². The van der Waals surface area contributed by atoms with E-state index >= 15 is 0 Å². The molecule has 0 saturated heterocycles. The third kappa shape index (κ3) is 9.05. The quantitative estimate of drug-likeness (QED) is 0.313. The fraction of sp³-hybridized carbons (Fsp3) is 0.192. The maximum atomic E-state index is 12.9. The number of hydrogen-bond donors (Lipinski definition) is 4. The van der Waals surface area contributed by atoms with Crippen LogP contribution in [0.4, 0.5) is 21.9 Å². The van der Waals surface area contributed by atoms with Crippen LogP contribution in [0.1, 0.15) is 6.42 Å². The summed E-state index contributed by atoms with van der Waals surface area (Å²) in [6, 6.07) is 23.7. The minimum atomic E-state index is -0.729. The standard InChI is InChI=1S/C26H28N4O4S/c1-35-16-15-23(30-24(31)18-34-22-13-6-3-7-14-22)25(32)27-20-11-8-12-21(17-20)29-26(33)28-19-9-4-2-5-10-19/h2-14,17,23H,15-16,18H2,1H3,(H,27,32)(H,30,31)(H2,28,29,33). The van der Waals surface area contributed by atoms with Crippen molar-refractivity contribution in [1.82, 2.24) is 5.32 Å². The van der Waals surface area contributed by atoms with Gasteiger partial charge in [0.15, 0.2) is 6.61 Å². The number of rotatable bonds is 11. The average molecular weight is 493 g/mol. The Morgan fingerprint density at radius 3 is 2.09 bits per heavy atom. The minimum absolute atomic E-state index is 0.191. The van der Waals surface area contributed by atoms with Gasteiger partial charge < -0.3 is 26.0 Å². The van der Waals surface area contributed by atoms with E-state index in [0.717, 1.165) is 0 Å². The molecule has 182 valence electrons. The highest BCUT2D eigenvalue weighted by atomic mass is 32.2. The van der Waals surface area contributed by atoms with Crippen LogP contribution in [0.2, 0.25) is 0 Å². The van der Waals surface area contributed by atoms with Gasteiger partial charge in [0, 0.05) is 17.1 Å². The number of carbonyl (C=O) groups excluding carboxylic acids is 3. The van der Waals surface area contributed by atoms with Gasteiger partial charge in [-0.25, -0.2) is 4.79 Å². The lowest BCUT2D eigenvalue weighted by Gasteiger charge is -2.19. The fourth-order valence-corrected chi connectivity index (χ4v) is 3.60. The normalized spacial score (nSPS) is 11.1. The zero-order chi connectivity index (χ0) is 24.9. The molecular weight excluding hydrogens is 464 g/mol. The minimum Gasteiger partial charge on any atom is -0.484 e. The summed E-state index contributed by atoms with van der Waals surface area (Å²) in [5, 5.41) is 11.0. The van der Waals surface area contributed by atoms with Crippen molar-refractivity contribution >= 4 is 46.7 Å². The first-order valence-corrected chi connectivity index (χ1v) is 12.4. The predicted octanol–water partition coefficient (Wildman–Crippen LogP) is 4.59. The van der Waals surface area contributed by atoms with Crippen LogP contribution in [0.3, 0.4) is 0 Å². The van der Waals surface area contributed by atoms with E-state index in [-0.39, 0.29) is 18.4 Å². The van der Waals surface area contributed by atoms with Crippen molar-refractivity contribution < 1.29 is 19.1 Å². The maximum absolute atomic E-state index is 12.9. The molecule has 0 spiro atoms. The Morgan fingerprint density at radius 2 is 1.40 bits per heavy atom. The van der Waals surface area contributed by atoms with Gasteiger partial charge in [-0.2, -0.15) is 11.8 Å². The van der Waals surface area contributed by atoms with E-state index in [4.69, 9.17) is 4.74 Å². The summed E-state index contributed by atoms with van der Waals surface area (Å²) in [4.78, 5) is 37.6. The Hall–Kier alpha value is -3.98.